The molecule has 0 rings (SSSR count). The van der Waals surface area contributed by atoms with E-state index >= 15 is 0 Å². The van der Waals surface area contributed by atoms with Crippen molar-refractivity contribution in [2.45, 2.75) is 65.4 Å². The van der Waals surface area contributed by atoms with Crippen LogP contribution in [-0.2, 0) is 9.53 Å². The highest BCUT2D eigenvalue weighted by Crippen LogP contribution is 2.05. The van der Waals surface area contributed by atoms with Crippen LogP contribution in [0.1, 0.15) is 59.3 Å². The van der Waals surface area contributed by atoms with E-state index in [4.69, 9.17) is 4.74 Å². The quantitative estimate of drug-likeness (QED) is 0.347. The van der Waals surface area contributed by atoms with Gasteiger partial charge in [-0.2, -0.15) is 0 Å². The van der Waals surface area contributed by atoms with Crippen molar-refractivity contribution in [3.8, 4) is 0 Å². The molecule has 0 saturated carbocycles. The van der Waals surface area contributed by atoms with Crippen LogP contribution >= 0.6 is 0 Å². The van der Waals surface area contributed by atoms with Gasteiger partial charge in [-0.3, -0.25) is 0 Å². The molecule has 0 spiro atoms. The maximum atomic E-state index is 11.1. The first kappa shape index (κ1) is 14.2. The van der Waals surface area contributed by atoms with Crippen LogP contribution in [0, 0.1) is 0 Å². The third-order valence-electron chi connectivity index (χ3n) is 2.08. The van der Waals surface area contributed by atoms with Crippen LogP contribution in [0.4, 0.5) is 0 Å². The van der Waals surface area contributed by atoms with Gasteiger partial charge in [0.25, 0.3) is 0 Å². The second kappa shape index (κ2) is 9.75. The Hall–Kier alpha value is -0.790. The van der Waals surface area contributed by atoms with Crippen LogP contribution in [0.15, 0.2) is 12.2 Å². The Bertz CT molecular complexity index is 183. The van der Waals surface area contributed by atoms with E-state index in [0.29, 0.717) is 0 Å². The minimum absolute atomic E-state index is 0.0216. The average Bonchev–Trinajstić information content (AvgIpc) is 2.15. The van der Waals surface area contributed by atoms with Crippen LogP contribution in [-0.4, -0.2) is 12.1 Å². The second-order valence-corrected chi connectivity index (χ2v) is 4.09. The van der Waals surface area contributed by atoms with Gasteiger partial charge < -0.3 is 4.74 Å². The topological polar surface area (TPSA) is 26.3 Å². The van der Waals surface area contributed by atoms with Crippen molar-refractivity contribution in [1.29, 1.82) is 0 Å². The van der Waals surface area contributed by atoms with E-state index in [2.05, 4.69) is 6.92 Å². The summed E-state index contributed by atoms with van der Waals surface area (Å²) >= 11 is 0. The Balaban J connectivity index is 3.34. The van der Waals surface area contributed by atoms with Gasteiger partial charge in [-0.05, 0) is 26.7 Å². The largest absolute Gasteiger partial charge is 0.460 e. The van der Waals surface area contributed by atoms with E-state index in [1.165, 1.54) is 32.1 Å². The number of hydrogen-bond acceptors (Lipinski definition) is 2. The average molecular weight is 212 g/mol. The molecule has 0 saturated heterocycles. The SMILES string of the molecule is CCCCCCCC=CC(=O)OC(C)C. The van der Waals surface area contributed by atoms with Crippen molar-refractivity contribution in [3.05, 3.63) is 12.2 Å². The minimum atomic E-state index is -0.224. The summed E-state index contributed by atoms with van der Waals surface area (Å²) in [5, 5.41) is 0. The Morgan fingerprint density at radius 1 is 1.20 bits per heavy atom. The van der Waals surface area contributed by atoms with Crippen LogP contribution in [0.3, 0.4) is 0 Å². The van der Waals surface area contributed by atoms with E-state index in [0.717, 1.165) is 6.42 Å². The molecule has 0 amide bonds. The van der Waals surface area contributed by atoms with Gasteiger partial charge in [0.05, 0.1) is 6.10 Å². The smallest absolute Gasteiger partial charge is 0.330 e. The molecule has 0 aliphatic heterocycles. The van der Waals surface area contributed by atoms with E-state index in [1.807, 2.05) is 19.9 Å². The highest BCUT2D eigenvalue weighted by atomic mass is 16.5. The highest BCUT2D eigenvalue weighted by Gasteiger charge is 1.98. The molecule has 0 aliphatic rings. The number of hydrogen-bond donors (Lipinski definition) is 0. The number of carbonyl (C=O) groups excluding carboxylic acids is 1. The molecule has 0 bridgehead atoms. The first-order valence-electron chi connectivity index (χ1n) is 6.04. The molecule has 0 aliphatic carbocycles. The van der Waals surface area contributed by atoms with Gasteiger partial charge >= 0.3 is 5.97 Å². The lowest BCUT2D eigenvalue weighted by Gasteiger charge is -2.03. The van der Waals surface area contributed by atoms with Crippen LogP contribution < -0.4 is 0 Å². The first-order valence-corrected chi connectivity index (χ1v) is 6.04. The van der Waals surface area contributed by atoms with Crippen molar-refractivity contribution in [1.82, 2.24) is 0 Å². The van der Waals surface area contributed by atoms with E-state index in [-0.39, 0.29) is 12.1 Å². The van der Waals surface area contributed by atoms with E-state index in [1.54, 1.807) is 6.08 Å². The standard InChI is InChI=1S/C13H24O2/c1-4-5-6-7-8-9-10-11-13(14)15-12(2)3/h10-12H,4-9H2,1-3H3. The summed E-state index contributed by atoms with van der Waals surface area (Å²) in [6.45, 7) is 5.93. The third kappa shape index (κ3) is 11.1. The van der Waals surface area contributed by atoms with Crippen molar-refractivity contribution in [2.75, 3.05) is 0 Å². The number of unbranched alkanes of at least 4 members (excludes halogenated alkanes) is 5. The predicted molar refractivity (Wildman–Crippen MR) is 63.7 cm³/mol. The molecule has 0 N–H and O–H groups in total. The molecular weight excluding hydrogens is 188 g/mol. The summed E-state index contributed by atoms with van der Waals surface area (Å²) < 4.78 is 4.97. The monoisotopic (exact) mass is 212 g/mol. The lowest BCUT2D eigenvalue weighted by atomic mass is 10.1. The second-order valence-electron chi connectivity index (χ2n) is 4.09. The Labute approximate surface area is 93.7 Å². The van der Waals surface area contributed by atoms with Gasteiger partial charge in [0.15, 0.2) is 0 Å². The fraction of sp³-hybridized carbons (Fsp3) is 0.769. The molecule has 0 atom stereocenters. The molecule has 0 heterocycles. The molecule has 88 valence electrons. The van der Waals surface area contributed by atoms with Crippen LogP contribution in [0.5, 0.6) is 0 Å². The Morgan fingerprint density at radius 2 is 1.87 bits per heavy atom. The summed E-state index contributed by atoms with van der Waals surface area (Å²) in [5.74, 6) is -0.224. The lowest BCUT2D eigenvalue weighted by Crippen LogP contribution is -2.08. The number of ether oxygens (including phenoxy) is 1. The summed E-state index contributed by atoms with van der Waals surface area (Å²) in [7, 11) is 0. The molecule has 2 heteroatoms. The molecule has 0 aromatic heterocycles. The van der Waals surface area contributed by atoms with E-state index < -0.39 is 0 Å². The number of rotatable bonds is 8. The number of esters is 1. The van der Waals surface area contributed by atoms with Gasteiger partial charge in [0, 0.05) is 6.08 Å². The van der Waals surface area contributed by atoms with Crippen molar-refractivity contribution < 1.29 is 9.53 Å². The van der Waals surface area contributed by atoms with Crippen molar-refractivity contribution in [3.63, 3.8) is 0 Å². The molecule has 0 fully saturated rings. The predicted octanol–water partition coefficient (Wildman–Crippen LogP) is 3.85. The normalized spacial score (nSPS) is 11.2. The number of allylic oxidation sites excluding steroid dienone is 1. The lowest BCUT2D eigenvalue weighted by molar-refractivity contribution is -0.141. The highest BCUT2D eigenvalue weighted by molar-refractivity contribution is 5.81. The maximum absolute atomic E-state index is 11.1. The van der Waals surface area contributed by atoms with Gasteiger partial charge in [-0.25, -0.2) is 4.79 Å². The molecule has 0 aromatic rings. The molecule has 0 aromatic carbocycles. The number of carbonyl (C=O) groups is 1. The first-order chi connectivity index (χ1) is 7.16. The van der Waals surface area contributed by atoms with Gasteiger partial charge in [0.1, 0.15) is 0 Å². The molecule has 2 nitrogen and oxygen atoms in total. The fourth-order valence-corrected chi connectivity index (χ4v) is 1.32. The molecule has 0 radical (unpaired) electrons. The summed E-state index contributed by atoms with van der Waals surface area (Å²) in [5.41, 5.74) is 0. The zero-order chi connectivity index (χ0) is 11.5. The van der Waals surface area contributed by atoms with Gasteiger partial charge in [0.2, 0.25) is 0 Å². The van der Waals surface area contributed by atoms with Crippen molar-refractivity contribution in [2.24, 2.45) is 0 Å². The summed E-state index contributed by atoms with van der Waals surface area (Å²) in [6, 6.07) is 0. The van der Waals surface area contributed by atoms with Gasteiger partial charge in [-0.15, -0.1) is 0 Å². The zero-order valence-electron chi connectivity index (χ0n) is 10.3. The summed E-state index contributed by atoms with van der Waals surface area (Å²) in [4.78, 5) is 11.1. The van der Waals surface area contributed by atoms with Crippen molar-refractivity contribution >= 4 is 5.97 Å². The minimum Gasteiger partial charge on any atom is -0.460 e. The van der Waals surface area contributed by atoms with Gasteiger partial charge in [-0.1, -0.05) is 38.7 Å². The fourth-order valence-electron chi connectivity index (χ4n) is 1.32. The Morgan fingerprint density at radius 3 is 2.47 bits per heavy atom. The molecular formula is C13H24O2. The molecule has 0 unspecified atom stereocenters. The maximum Gasteiger partial charge on any atom is 0.330 e. The van der Waals surface area contributed by atoms with E-state index in [9.17, 15) is 4.79 Å². The molecule has 15 heavy (non-hydrogen) atoms. The Kier molecular flexibility index (Phi) is 9.24. The van der Waals surface area contributed by atoms with Crippen LogP contribution in [0.2, 0.25) is 0 Å². The summed E-state index contributed by atoms with van der Waals surface area (Å²) in [6.07, 6.45) is 10.7. The van der Waals surface area contributed by atoms with Crippen LogP contribution in [0.25, 0.3) is 0 Å². The zero-order valence-corrected chi connectivity index (χ0v) is 10.3. The third-order valence-corrected chi connectivity index (χ3v) is 2.08.